The van der Waals surface area contributed by atoms with Gasteiger partial charge in [-0.25, -0.2) is 4.79 Å². The number of anilines is 1. The summed E-state index contributed by atoms with van der Waals surface area (Å²) in [5, 5.41) is 7.56. The van der Waals surface area contributed by atoms with Crippen LogP contribution in [0.3, 0.4) is 0 Å². The quantitative estimate of drug-likeness (QED) is 0.579. The smallest absolute Gasteiger partial charge is 0.321 e. The van der Waals surface area contributed by atoms with E-state index in [2.05, 4.69) is 16.0 Å². The molecule has 0 heterocycles. The van der Waals surface area contributed by atoms with Gasteiger partial charge in [-0.2, -0.15) is 0 Å². The van der Waals surface area contributed by atoms with Crippen molar-refractivity contribution in [2.24, 2.45) is 0 Å². The highest BCUT2D eigenvalue weighted by molar-refractivity contribution is 5.95. The van der Waals surface area contributed by atoms with Gasteiger partial charge in [0.25, 0.3) is 11.8 Å². The maximum absolute atomic E-state index is 11.9. The molecule has 7 nitrogen and oxygen atoms in total. The molecule has 1 rings (SSSR count). The van der Waals surface area contributed by atoms with Crippen LogP contribution in [0.2, 0.25) is 0 Å². The first kappa shape index (κ1) is 18.6. The molecule has 0 fully saturated rings. The summed E-state index contributed by atoms with van der Waals surface area (Å²) >= 11 is 0. The minimum atomic E-state index is -0.526. The maximum Gasteiger partial charge on any atom is 0.321 e. The van der Waals surface area contributed by atoms with Crippen LogP contribution < -0.4 is 20.9 Å². The first-order valence-corrected chi connectivity index (χ1v) is 7.54. The summed E-state index contributed by atoms with van der Waals surface area (Å²) in [6, 6.07) is 6.90. The second-order valence-electron chi connectivity index (χ2n) is 5.90. The Labute approximate surface area is 136 Å². The van der Waals surface area contributed by atoms with Crippen LogP contribution in [0.25, 0.3) is 0 Å². The molecule has 0 aliphatic heterocycles. The number of urea groups is 1. The topological polar surface area (TPSA) is 91.7 Å². The van der Waals surface area contributed by atoms with E-state index in [1.54, 1.807) is 20.9 Å². The lowest BCUT2D eigenvalue weighted by molar-refractivity contribution is -0.862. The highest BCUT2D eigenvalue weighted by Gasteiger charge is 2.16. The van der Waals surface area contributed by atoms with E-state index >= 15 is 0 Å². The van der Waals surface area contributed by atoms with E-state index in [4.69, 9.17) is 0 Å². The van der Waals surface area contributed by atoms with Gasteiger partial charge in [0.05, 0.1) is 7.05 Å². The number of carbonyl (C=O) groups is 3. The average Bonchev–Trinajstić information content (AvgIpc) is 2.39. The van der Waals surface area contributed by atoms with Crippen molar-refractivity contribution < 1.29 is 19.3 Å². The van der Waals surface area contributed by atoms with Gasteiger partial charge in [-0.3, -0.25) is 14.9 Å². The Morgan fingerprint density at radius 2 is 1.61 bits per heavy atom. The first-order chi connectivity index (χ1) is 10.8. The van der Waals surface area contributed by atoms with Crippen LogP contribution in [0, 0.1) is 6.92 Å². The number of rotatable bonds is 6. The van der Waals surface area contributed by atoms with Gasteiger partial charge in [0, 0.05) is 11.7 Å². The number of hydrogen-bond acceptors (Lipinski definition) is 3. The molecule has 7 heteroatoms. The molecule has 1 atom stereocenters. The van der Waals surface area contributed by atoms with Crippen LogP contribution in [0.5, 0.6) is 0 Å². The number of nitrogens with one attached hydrogen (secondary N) is 4. The number of amides is 4. The van der Waals surface area contributed by atoms with Gasteiger partial charge in [0.1, 0.15) is 0 Å². The van der Waals surface area contributed by atoms with E-state index in [0.717, 1.165) is 5.56 Å². The molecule has 0 saturated carbocycles. The molecule has 1 aromatic carbocycles. The number of likely N-dealkylation sites (N-methyl/N-ethyl adjacent to an activating group) is 1. The zero-order valence-corrected chi connectivity index (χ0v) is 14.0. The molecule has 4 amide bonds. The third kappa shape index (κ3) is 7.96. The van der Waals surface area contributed by atoms with E-state index in [0.29, 0.717) is 10.6 Å². The fourth-order valence-electron chi connectivity index (χ4n) is 1.92. The number of quaternary nitrogens is 1. The van der Waals surface area contributed by atoms with Gasteiger partial charge in [-0.1, -0.05) is 17.7 Å². The molecule has 1 aromatic rings. The average molecular weight is 321 g/mol. The fourth-order valence-corrected chi connectivity index (χ4v) is 1.92. The first-order valence-electron chi connectivity index (χ1n) is 7.54. The van der Waals surface area contributed by atoms with E-state index < -0.39 is 11.9 Å². The Hall–Kier alpha value is -2.41. The molecule has 0 aliphatic rings. The number of hydrogen-bond donors (Lipinski definition) is 4. The molecule has 4 N–H and O–H groups in total. The molecule has 126 valence electrons. The van der Waals surface area contributed by atoms with Crippen molar-refractivity contribution in [3.8, 4) is 0 Å². The third-order valence-electron chi connectivity index (χ3n) is 2.93. The summed E-state index contributed by atoms with van der Waals surface area (Å²) in [7, 11) is 1.72. The van der Waals surface area contributed by atoms with Crippen LogP contribution in [0.15, 0.2) is 24.3 Å². The highest BCUT2D eigenvalue weighted by Crippen LogP contribution is 2.07. The molecular weight excluding hydrogens is 296 g/mol. The van der Waals surface area contributed by atoms with Crippen molar-refractivity contribution in [2.75, 3.05) is 25.5 Å². The number of benzene rings is 1. The van der Waals surface area contributed by atoms with Gasteiger partial charge >= 0.3 is 6.03 Å². The molecule has 1 unspecified atom stereocenters. The minimum absolute atomic E-state index is 0.0346. The number of imide groups is 1. The standard InChI is InChI=1S/C16H24N4O3/c1-11(2)17-16(23)19-15(22)10-20(4)9-14(21)18-13-7-5-12(3)6-8-13/h5-8,11H,9-10H2,1-4H3,(H,18,21)(H2,17,19,22,23)/p+1. The zero-order valence-electron chi connectivity index (χ0n) is 14.0. The summed E-state index contributed by atoms with van der Waals surface area (Å²) in [5.74, 6) is -0.616. The van der Waals surface area contributed by atoms with Crippen molar-refractivity contribution >= 4 is 23.5 Å². The van der Waals surface area contributed by atoms with Crippen LogP contribution in [-0.4, -0.2) is 44.0 Å². The molecule has 0 aliphatic carbocycles. The molecule has 0 radical (unpaired) electrons. The molecular formula is C16H25N4O3+. The SMILES string of the molecule is Cc1ccc(NC(=O)C[NH+](C)CC(=O)NC(=O)NC(C)C)cc1. The van der Waals surface area contributed by atoms with Crippen LogP contribution >= 0.6 is 0 Å². The lowest BCUT2D eigenvalue weighted by Crippen LogP contribution is -3.11. The third-order valence-corrected chi connectivity index (χ3v) is 2.93. The summed E-state index contributed by atoms with van der Waals surface area (Å²) in [6.07, 6.45) is 0. The van der Waals surface area contributed by atoms with E-state index in [1.807, 2.05) is 31.2 Å². The summed E-state index contributed by atoms with van der Waals surface area (Å²) in [6.45, 7) is 5.74. The Morgan fingerprint density at radius 1 is 1.04 bits per heavy atom. The second kappa shape index (κ2) is 8.89. The molecule has 0 bridgehead atoms. The normalized spacial score (nSPS) is 11.7. The number of aryl methyl sites for hydroxylation is 1. The molecule has 23 heavy (non-hydrogen) atoms. The second-order valence-corrected chi connectivity index (χ2v) is 5.90. The predicted molar refractivity (Wildman–Crippen MR) is 88.2 cm³/mol. The minimum Gasteiger partial charge on any atom is -0.336 e. The van der Waals surface area contributed by atoms with Gasteiger partial charge in [0.2, 0.25) is 0 Å². The van der Waals surface area contributed by atoms with Crippen molar-refractivity contribution in [1.29, 1.82) is 0 Å². The van der Waals surface area contributed by atoms with Gasteiger partial charge in [-0.05, 0) is 32.9 Å². The predicted octanol–water partition coefficient (Wildman–Crippen LogP) is -0.318. The van der Waals surface area contributed by atoms with Crippen LogP contribution in [0.4, 0.5) is 10.5 Å². The van der Waals surface area contributed by atoms with Crippen molar-refractivity contribution in [2.45, 2.75) is 26.8 Å². The van der Waals surface area contributed by atoms with Crippen LogP contribution in [0.1, 0.15) is 19.4 Å². The Kier molecular flexibility index (Phi) is 7.21. The Balaban J connectivity index is 2.36. The van der Waals surface area contributed by atoms with E-state index in [1.165, 1.54) is 0 Å². The lowest BCUT2D eigenvalue weighted by atomic mass is 10.2. The Morgan fingerprint density at radius 3 is 2.17 bits per heavy atom. The van der Waals surface area contributed by atoms with Gasteiger partial charge in [0.15, 0.2) is 13.1 Å². The Bertz CT molecular complexity index is 555. The highest BCUT2D eigenvalue weighted by atomic mass is 16.2. The monoisotopic (exact) mass is 321 g/mol. The summed E-state index contributed by atoms with van der Waals surface area (Å²) in [5.41, 5.74) is 1.83. The summed E-state index contributed by atoms with van der Waals surface area (Å²) in [4.78, 5) is 35.7. The van der Waals surface area contributed by atoms with Crippen LogP contribution in [-0.2, 0) is 9.59 Å². The molecule has 0 saturated heterocycles. The maximum atomic E-state index is 11.9. The van der Waals surface area contributed by atoms with Gasteiger partial charge < -0.3 is 15.5 Å². The van der Waals surface area contributed by atoms with E-state index in [-0.39, 0.29) is 25.0 Å². The fraction of sp³-hybridized carbons (Fsp3) is 0.438. The van der Waals surface area contributed by atoms with Gasteiger partial charge in [-0.15, -0.1) is 0 Å². The van der Waals surface area contributed by atoms with Crippen molar-refractivity contribution in [3.05, 3.63) is 29.8 Å². The largest absolute Gasteiger partial charge is 0.336 e. The lowest BCUT2D eigenvalue weighted by Gasteiger charge is -2.14. The van der Waals surface area contributed by atoms with Crippen molar-refractivity contribution in [1.82, 2.24) is 10.6 Å². The molecule has 0 aromatic heterocycles. The van der Waals surface area contributed by atoms with E-state index in [9.17, 15) is 14.4 Å². The zero-order chi connectivity index (χ0) is 17.4. The van der Waals surface area contributed by atoms with Crippen molar-refractivity contribution in [3.63, 3.8) is 0 Å². The number of carbonyl (C=O) groups excluding carboxylic acids is 3. The molecule has 0 spiro atoms. The summed E-state index contributed by atoms with van der Waals surface area (Å²) < 4.78 is 0.